The van der Waals surface area contributed by atoms with Gasteiger partial charge in [-0.1, -0.05) is 12.0 Å². The lowest BCUT2D eigenvalue weighted by Crippen LogP contribution is -2.41. The maximum Gasteiger partial charge on any atom is 0.323 e. The largest absolute Gasteiger partial charge is 0.480 e. The first-order valence-corrected chi connectivity index (χ1v) is 5.67. The van der Waals surface area contributed by atoms with Gasteiger partial charge < -0.3 is 15.7 Å². The average molecular weight is 252 g/mol. The molecule has 1 aromatic rings. The van der Waals surface area contributed by atoms with E-state index in [1.54, 1.807) is 17.5 Å². The number of aliphatic carboxylic acids is 1. The monoisotopic (exact) mass is 252 g/mol. The number of nitrogens with two attached hydrogens (primary N) is 1. The predicted molar refractivity (Wildman–Crippen MR) is 64.3 cm³/mol. The number of carbonyl (C=O) groups is 2. The smallest absolute Gasteiger partial charge is 0.323 e. The predicted octanol–water partition coefficient (Wildman–Crippen LogP) is 0.294. The molecule has 0 saturated carbocycles. The van der Waals surface area contributed by atoms with Crippen molar-refractivity contribution < 1.29 is 14.7 Å². The third-order valence-corrected chi connectivity index (χ3v) is 2.99. The zero-order valence-electron chi connectivity index (χ0n) is 9.00. The van der Waals surface area contributed by atoms with Crippen molar-refractivity contribution in [3.8, 4) is 12.3 Å². The molecule has 6 heteroatoms. The average Bonchev–Trinajstić information content (AvgIpc) is 2.79. The van der Waals surface area contributed by atoms with Gasteiger partial charge in [0.05, 0.1) is 6.54 Å². The van der Waals surface area contributed by atoms with Gasteiger partial charge in [0.15, 0.2) is 0 Å². The first-order chi connectivity index (χ1) is 8.06. The summed E-state index contributed by atoms with van der Waals surface area (Å²) in [5.74, 6) is 0.646. The van der Waals surface area contributed by atoms with Crippen LogP contribution in [0.5, 0.6) is 0 Å². The summed E-state index contributed by atoms with van der Waals surface area (Å²) in [7, 11) is 0. The van der Waals surface area contributed by atoms with Gasteiger partial charge in [-0.2, -0.15) is 0 Å². The Morgan fingerprint density at radius 3 is 2.82 bits per heavy atom. The summed E-state index contributed by atoms with van der Waals surface area (Å²) in [5.41, 5.74) is 5.75. The van der Waals surface area contributed by atoms with Crippen molar-refractivity contribution in [2.45, 2.75) is 6.04 Å². The molecule has 3 N–H and O–H groups in total. The maximum atomic E-state index is 11.9. The minimum Gasteiger partial charge on any atom is -0.480 e. The van der Waals surface area contributed by atoms with Crippen molar-refractivity contribution in [1.82, 2.24) is 4.90 Å². The van der Waals surface area contributed by atoms with E-state index in [-0.39, 0.29) is 6.54 Å². The number of carboxylic acid groups (broad SMARTS) is 1. The van der Waals surface area contributed by atoms with E-state index in [1.807, 2.05) is 0 Å². The number of hydrogen-bond donors (Lipinski definition) is 2. The Bertz CT molecular complexity index is 436. The molecule has 0 aromatic carbocycles. The fourth-order valence-corrected chi connectivity index (χ4v) is 1.99. The van der Waals surface area contributed by atoms with Gasteiger partial charge >= 0.3 is 5.97 Å². The lowest BCUT2D eigenvalue weighted by molar-refractivity contribution is -0.144. The van der Waals surface area contributed by atoms with Gasteiger partial charge in [-0.25, -0.2) is 0 Å². The number of hydrogen-bond acceptors (Lipinski definition) is 4. The molecule has 17 heavy (non-hydrogen) atoms. The molecule has 0 bridgehead atoms. The summed E-state index contributed by atoms with van der Waals surface area (Å²) in [4.78, 5) is 24.2. The van der Waals surface area contributed by atoms with Crippen LogP contribution in [-0.2, 0) is 9.59 Å². The zero-order chi connectivity index (χ0) is 12.8. The van der Waals surface area contributed by atoms with Crippen molar-refractivity contribution in [3.63, 3.8) is 0 Å². The van der Waals surface area contributed by atoms with Gasteiger partial charge in [-0.15, -0.1) is 17.8 Å². The number of nitrogens with zero attached hydrogens (tertiary/aromatic N) is 1. The molecular formula is C11H12N2O3S. The molecule has 0 aliphatic heterocycles. The number of thiophene rings is 1. The van der Waals surface area contributed by atoms with Crippen LogP contribution in [-0.4, -0.2) is 35.0 Å². The van der Waals surface area contributed by atoms with Crippen LogP contribution in [0.15, 0.2) is 17.5 Å². The van der Waals surface area contributed by atoms with Crippen LogP contribution in [0.4, 0.5) is 0 Å². The van der Waals surface area contributed by atoms with Gasteiger partial charge in [0.1, 0.15) is 12.6 Å². The molecule has 5 nitrogen and oxygen atoms in total. The van der Waals surface area contributed by atoms with Crippen molar-refractivity contribution in [2.24, 2.45) is 5.73 Å². The lowest BCUT2D eigenvalue weighted by Gasteiger charge is -2.21. The van der Waals surface area contributed by atoms with E-state index in [2.05, 4.69) is 5.92 Å². The Kier molecular flexibility index (Phi) is 4.69. The molecule has 1 atom stereocenters. The Morgan fingerprint density at radius 1 is 1.65 bits per heavy atom. The van der Waals surface area contributed by atoms with Crippen LogP contribution in [0.3, 0.4) is 0 Å². The zero-order valence-corrected chi connectivity index (χ0v) is 9.81. The fraction of sp³-hybridized carbons (Fsp3) is 0.273. The number of carbonyl (C=O) groups excluding carboxylic acids is 1. The molecular weight excluding hydrogens is 240 g/mol. The molecule has 1 amide bonds. The van der Waals surface area contributed by atoms with E-state index in [1.165, 1.54) is 11.3 Å². The topological polar surface area (TPSA) is 83.6 Å². The van der Waals surface area contributed by atoms with E-state index in [9.17, 15) is 9.59 Å². The van der Waals surface area contributed by atoms with Crippen molar-refractivity contribution in [1.29, 1.82) is 0 Å². The van der Waals surface area contributed by atoms with Crippen LogP contribution in [0, 0.1) is 12.3 Å². The summed E-state index contributed by atoms with van der Waals surface area (Å²) in [6, 6.07) is 2.64. The standard InChI is InChI=1S/C11H12N2O3S/c1-2-5-13(7-9(14)15)11(16)10(12)8-4-3-6-17-8/h1,3-4,6,10H,5,7,12H2,(H,14,15). The molecule has 90 valence electrons. The molecule has 0 fully saturated rings. The second kappa shape index (κ2) is 6.03. The number of carboxylic acids is 1. The van der Waals surface area contributed by atoms with E-state index in [0.29, 0.717) is 4.88 Å². The minimum absolute atomic E-state index is 0.0653. The minimum atomic E-state index is -1.12. The highest BCUT2D eigenvalue weighted by molar-refractivity contribution is 7.10. The highest BCUT2D eigenvalue weighted by Gasteiger charge is 2.24. The number of terminal acetylenes is 1. The molecule has 1 aromatic heterocycles. The first kappa shape index (κ1) is 13.2. The second-order valence-electron chi connectivity index (χ2n) is 3.29. The maximum absolute atomic E-state index is 11.9. The third kappa shape index (κ3) is 3.59. The van der Waals surface area contributed by atoms with E-state index >= 15 is 0 Å². The van der Waals surface area contributed by atoms with Crippen LogP contribution in [0.25, 0.3) is 0 Å². The number of amides is 1. The normalized spacial score (nSPS) is 11.5. The molecule has 0 aliphatic rings. The van der Waals surface area contributed by atoms with Gasteiger partial charge in [-0.3, -0.25) is 9.59 Å². The van der Waals surface area contributed by atoms with Gasteiger partial charge in [-0.05, 0) is 11.4 Å². The summed E-state index contributed by atoms with van der Waals surface area (Å²) in [6.07, 6.45) is 5.09. The van der Waals surface area contributed by atoms with Gasteiger partial charge in [0.2, 0.25) is 5.91 Å². The number of rotatable bonds is 5. The molecule has 0 spiro atoms. The van der Waals surface area contributed by atoms with E-state index in [4.69, 9.17) is 17.3 Å². The molecule has 0 aliphatic carbocycles. The Balaban J connectivity index is 2.77. The molecule has 0 radical (unpaired) electrons. The van der Waals surface area contributed by atoms with E-state index < -0.39 is 24.5 Å². The summed E-state index contributed by atoms with van der Waals surface area (Å²) >= 11 is 1.34. The summed E-state index contributed by atoms with van der Waals surface area (Å²) in [5, 5.41) is 10.5. The fourth-order valence-electron chi connectivity index (χ4n) is 1.27. The third-order valence-electron chi connectivity index (χ3n) is 2.04. The summed E-state index contributed by atoms with van der Waals surface area (Å²) < 4.78 is 0. The van der Waals surface area contributed by atoms with Crippen LogP contribution in [0.2, 0.25) is 0 Å². The Hall–Kier alpha value is -1.84. The Morgan fingerprint density at radius 2 is 2.35 bits per heavy atom. The quantitative estimate of drug-likeness (QED) is 0.738. The van der Waals surface area contributed by atoms with Gasteiger partial charge in [0.25, 0.3) is 0 Å². The summed E-state index contributed by atoms with van der Waals surface area (Å²) in [6.45, 7) is -0.508. The van der Waals surface area contributed by atoms with Gasteiger partial charge in [0, 0.05) is 4.88 Å². The SMILES string of the molecule is C#CCN(CC(=O)O)C(=O)C(N)c1cccs1. The lowest BCUT2D eigenvalue weighted by atomic mass is 10.2. The van der Waals surface area contributed by atoms with Crippen LogP contribution in [0.1, 0.15) is 10.9 Å². The van der Waals surface area contributed by atoms with Crippen molar-refractivity contribution in [3.05, 3.63) is 22.4 Å². The van der Waals surface area contributed by atoms with Crippen LogP contribution < -0.4 is 5.73 Å². The first-order valence-electron chi connectivity index (χ1n) is 4.79. The second-order valence-corrected chi connectivity index (χ2v) is 4.26. The highest BCUT2D eigenvalue weighted by Crippen LogP contribution is 2.18. The Labute approximate surface area is 103 Å². The highest BCUT2D eigenvalue weighted by atomic mass is 32.1. The molecule has 1 rings (SSSR count). The molecule has 1 unspecified atom stereocenters. The van der Waals surface area contributed by atoms with Crippen LogP contribution >= 0.6 is 11.3 Å². The molecule has 0 saturated heterocycles. The molecule has 1 heterocycles. The van der Waals surface area contributed by atoms with Crippen molar-refractivity contribution >= 4 is 23.2 Å². The van der Waals surface area contributed by atoms with Crippen molar-refractivity contribution in [2.75, 3.05) is 13.1 Å². The van der Waals surface area contributed by atoms with E-state index in [0.717, 1.165) is 4.90 Å².